The van der Waals surface area contributed by atoms with Crippen LogP contribution in [-0.2, 0) is 6.42 Å². The number of hydrogen-bond donors (Lipinski definition) is 1. The second-order valence-corrected chi connectivity index (χ2v) is 5.80. The topological polar surface area (TPSA) is 26.0 Å². The molecule has 1 aliphatic rings. The quantitative estimate of drug-likeness (QED) is 0.856. The van der Waals surface area contributed by atoms with Crippen LogP contribution in [-0.4, -0.2) is 6.54 Å². The summed E-state index contributed by atoms with van der Waals surface area (Å²) in [6.45, 7) is 0.701. The Morgan fingerprint density at radius 2 is 1.84 bits per heavy atom. The molecule has 0 spiro atoms. The fourth-order valence-corrected chi connectivity index (χ4v) is 3.48. The third kappa shape index (κ3) is 2.27. The maximum absolute atomic E-state index is 6.28. The van der Waals surface area contributed by atoms with Gasteiger partial charge in [0.25, 0.3) is 0 Å². The van der Waals surface area contributed by atoms with E-state index in [2.05, 4.69) is 18.2 Å². The highest BCUT2D eigenvalue weighted by atomic mass is 35.5. The molecule has 1 nitrogen and oxygen atoms in total. The first-order chi connectivity index (χ1) is 9.20. The predicted octanol–water partition coefficient (Wildman–Crippen LogP) is 4.65. The predicted molar refractivity (Wildman–Crippen MR) is 82.0 cm³/mol. The van der Waals surface area contributed by atoms with Gasteiger partial charge in [0.15, 0.2) is 0 Å². The van der Waals surface area contributed by atoms with Crippen molar-refractivity contribution in [1.82, 2.24) is 0 Å². The van der Waals surface area contributed by atoms with Gasteiger partial charge in [-0.15, -0.1) is 0 Å². The lowest BCUT2D eigenvalue weighted by Crippen LogP contribution is -2.09. The zero-order valence-corrected chi connectivity index (χ0v) is 12.0. The summed E-state index contributed by atoms with van der Waals surface area (Å²) in [6.07, 6.45) is 2.26. The Morgan fingerprint density at radius 3 is 2.53 bits per heavy atom. The number of aryl methyl sites for hydroxylation is 1. The standard InChI is InChI=1S/C16H15Cl2N/c17-14-2-1-3-15(18)16(14)11-6-4-10-5-7-12(9-19)13(10)8-11/h1-4,6,8,12H,5,7,9,19H2. The van der Waals surface area contributed by atoms with Gasteiger partial charge >= 0.3 is 0 Å². The van der Waals surface area contributed by atoms with Crippen LogP contribution in [0.5, 0.6) is 0 Å². The van der Waals surface area contributed by atoms with Crippen LogP contribution in [0.4, 0.5) is 0 Å². The van der Waals surface area contributed by atoms with Crippen molar-refractivity contribution in [3.8, 4) is 11.1 Å². The monoisotopic (exact) mass is 291 g/mol. The molecule has 3 heteroatoms. The van der Waals surface area contributed by atoms with Gasteiger partial charge in [-0.2, -0.15) is 0 Å². The van der Waals surface area contributed by atoms with Gasteiger partial charge in [-0.1, -0.05) is 47.5 Å². The van der Waals surface area contributed by atoms with Crippen molar-refractivity contribution in [1.29, 1.82) is 0 Å². The molecule has 0 saturated heterocycles. The molecule has 2 aromatic carbocycles. The minimum Gasteiger partial charge on any atom is -0.330 e. The van der Waals surface area contributed by atoms with Gasteiger partial charge in [0.2, 0.25) is 0 Å². The van der Waals surface area contributed by atoms with Crippen LogP contribution >= 0.6 is 23.2 Å². The van der Waals surface area contributed by atoms with Crippen molar-refractivity contribution in [2.45, 2.75) is 18.8 Å². The Balaban J connectivity index is 2.13. The molecular weight excluding hydrogens is 277 g/mol. The van der Waals surface area contributed by atoms with Gasteiger partial charge in [-0.3, -0.25) is 0 Å². The SMILES string of the molecule is NCC1CCc2ccc(-c3c(Cl)cccc3Cl)cc21. The first kappa shape index (κ1) is 13.0. The molecule has 0 fully saturated rings. The number of benzene rings is 2. The van der Waals surface area contributed by atoms with Crippen LogP contribution in [0.3, 0.4) is 0 Å². The van der Waals surface area contributed by atoms with Crippen LogP contribution in [0.2, 0.25) is 10.0 Å². The van der Waals surface area contributed by atoms with Crippen molar-refractivity contribution in [2.75, 3.05) is 6.54 Å². The smallest absolute Gasteiger partial charge is 0.0499 e. The molecule has 0 heterocycles. The van der Waals surface area contributed by atoms with Crippen molar-refractivity contribution in [3.63, 3.8) is 0 Å². The maximum atomic E-state index is 6.28. The van der Waals surface area contributed by atoms with E-state index in [1.165, 1.54) is 11.1 Å². The largest absolute Gasteiger partial charge is 0.330 e. The van der Waals surface area contributed by atoms with E-state index in [9.17, 15) is 0 Å². The van der Waals surface area contributed by atoms with Crippen LogP contribution in [0, 0.1) is 0 Å². The lowest BCUT2D eigenvalue weighted by Gasteiger charge is -2.12. The van der Waals surface area contributed by atoms with Crippen molar-refractivity contribution >= 4 is 23.2 Å². The number of nitrogens with two attached hydrogens (primary N) is 1. The van der Waals surface area contributed by atoms with Gasteiger partial charge < -0.3 is 5.73 Å². The molecule has 1 aliphatic carbocycles. The number of hydrogen-bond acceptors (Lipinski definition) is 1. The van der Waals surface area contributed by atoms with Gasteiger partial charge in [0.1, 0.15) is 0 Å². The summed E-state index contributed by atoms with van der Waals surface area (Å²) in [5, 5.41) is 1.38. The average Bonchev–Trinajstić information content (AvgIpc) is 2.81. The second kappa shape index (κ2) is 5.16. The highest BCUT2D eigenvalue weighted by Gasteiger charge is 2.22. The summed E-state index contributed by atoms with van der Waals surface area (Å²) in [4.78, 5) is 0. The first-order valence-corrected chi connectivity index (χ1v) is 7.23. The summed E-state index contributed by atoms with van der Waals surface area (Å²) in [5.74, 6) is 0.469. The maximum Gasteiger partial charge on any atom is 0.0499 e. The summed E-state index contributed by atoms with van der Waals surface area (Å²) >= 11 is 12.6. The Hall–Kier alpha value is -1.02. The molecule has 2 N–H and O–H groups in total. The van der Waals surface area contributed by atoms with E-state index < -0.39 is 0 Å². The Kier molecular flexibility index (Phi) is 3.53. The van der Waals surface area contributed by atoms with Gasteiger partial charge in [-0.25, -0.2) is 0 Å². The third-order valence-electron chi connectivity index (χ3n) is 3.88. The summed E-state index contributed by atoms with van der Waals surface area (Å²) < 4.78 is 0. The molecule has 0 aromatic heterocycles. The Bertz CT molecular complexity index is 602. The minimum absolute atomic E-state index is 0.469. The van der Waals surface area contributed by atoms with Crippen LogP contribution in [0.1, 0.15) is 23.5 Å². The molecule has 3 rings (SSSR count). The van der Waals surface area contributed by atoms with E-state index in [-0.39, 0.29) is 0 Å². The number of halogens is 2. The van der Waals surface area contributed by atoms with Crippen LogP contribution in [0.25, 0.3) is 11.1 Å². The molecule has 19 heavy (non-hydrogen) atoms. The van der Waals surface area contributed by atoms with E-state index in [0.29, 0.717) is 22.5 Å². The summed E-state index contributed by atoms with van der Waals surface area (Å²) in [7, 11) is 0. The van der Waals surface area contributed by atoms with E-state index in [4.69, 9.17) is 28.9 Å². The zero-order valence-electron chi connectivity index (χ0n) is 10.5. The van der Waals surface area contributed by atoms with Gasteiger partial charge in [-0.05, 0) is 54.1 Å². The molecule has 0 saturated carbocycles. The molecule has 0 amide bonds. The Labute approximate surface area is 123 Å². The van der Waals surface area contributed by atoms with Crippen LogP contribution < -0.4 is 5.73 Å². The molecule has 98 valence electrons. The third-order valence-corrected chi connectivity index (χ3v) is 4.51. The highest BCUT2D eigenvalue weighted by molar-refractivity contribution is 6.39. The second-order valence-electron chi connectivity index (χ2n) is 4.98. The van der Waals surface area contributed by atoms with Crippen molar-refractivity contribution in [3.05, 3.63) is 57.6 Å². The lowest BCUT2D eigenvalue weighted by molar-refractivity contribution is 0.688. The van der Waals surface area contributed by atoms with E-state index in [0.717, 1.165) is 24.0 Å². The molecular formula is C16H15Cl2N. The molecule has 0 aliphatic heterocycles. The van der Waals surface area contributed by atoms with Gasteiger partial charge in [0, 0.05) is 15.6 Å². The molecule has 1 unspecified atom stereocenters. The number of rotatable bonds is 2. The van der Waals surface area contributed by atoms with E-state index in [1.54, 1.807) is 0 Å². The zero-order chi connectivity index (χ0) is 13.4. The molecule has 2 aromatic rings. The van der Waals surface area contributed by atoms with E-state index >= 15 is 0 Å². The normalized spacial score (nSPS) is 17.5. The fraction of sp³-hybridized carbons (Fsp3) is 0.250. The lowest BCUT2D eigenvalue weighted by atomic mass is 9.96. The van der Waals surface area contributed by atoms with Crippen molar-refractivity contribution < 1.29 is 0 Å². The summed E-state index contributed by atoms with van der Waals surface area (Å²) in [5.41, 5.74) is 10.6. The van der Waals surface area contributed by atoms with Crippen LogP contribution in [0.15, 0.2) is 36.4 Å². The fourth-order valence-electron chi connectivity index (χ4n) is 2.86. The first-order valence-electron chi connectivity index (χ1n) is 6.48. The summed E-state index contributed by atoms with van der Waals surface area (Å²) in [6, 6.07) is 12.1. The van der Waals surface area contributed by atoms with E-state index in [1.807, 2.05) is 18.2 Å². The average molecular weight is 292 g/mol. The minimum atomic E-state index is 0.469. The molecule has 1 atom stereocenters. The molecule has 0 radical (unpaired) electrons. The van der Waals surface area contributed by atoms with Gasteiger partial charge in [0.05, 0.1) is 0 Å². The number of fused-ring (bicyclic) bond motifs is 1. The van der Waals surface area contributed by atoms with Crippen molar-refractivity contribution in [2.24, 2.45) is 5.73 Å². The highest BCUT2D eigenvalue weighted by Crippen LogP contribution is 2.39. The molecule has 0 bridgehead atoms. The Morgan fingerprint density at radius 1 is 1.11 bits per heavy atom.